The smallest absolute Gasteiger partial charge is 0.406 e. The third kappa shape index (κ3) is 5.41. The number of hydrogen-bond donors (Lipinski definition) is 1. The van der Waals surface area contributed by atoms with E-state index in [-0.39, 0.29) is 24.3 Å². The molecule has 1 aliphatic heterocycles. The van der Waals surface area contributed by atoms with Gasteiger partial charge in [-0.2, -0.15) is 13.2 Å². The van der Waals surface area contributed by atoms with Crippen LogP contribution in [0.15, 0.2) is 18.3 Å². The van der Waals surface area contributed by atoms with Crippen LogP contribution in [-0.4, -0.2) is 70.0 Å². The van der Waals surface area contributed by atoms with Gasteiger partial charge in [0.15, 0.2) is 0 Å². The lowest BCUT2D eigenvalue weighted by atomic mass is 9.96. The van der Waals surface area contributed by atoms with Crippen molar-refractivity contribution < 1.29 is 32.7 Å². The minimum absolute atomic E-state index is 0.0205. The van der Waals surface area contributed by atoms with E-state index in [0.29, 0.717) is 19.4 Å². The largest absolute Gasteiger partial charge is 0.477 e. The van der Waals surface area contributed by atoms with Crippen molar-refractivity contribution in [2.75, 3.05) is 26.2 Å². The summed E-state index contributed by atoms with van der Waals surface area (Å²) in [5.74, 6) is -2.97. The normalized spacial score (nSPS) is 17.5. The summed E-state index contributed by atoms with van der Waals surface area (Å²) in [5, 5.41) is 8.83. The minimum atomic E-state index is -4.48. The fraction of sp³-hybridized carbons (Fsp3) is 0.529. The van der Waals surface area contributed by atoms with E-state index < -0.39 is 36.4 Å². The molecule has 1 aliphatic rings. The van der Waals surface area contributed by atoms with Gasteiger partial charge in [0, 0.05) is 25.8 Å². The molecule has 2 amide bonds. The number of aromatic carboxylic acids is 1. The van der Waals surface area contributed by atoms with E-state index >= 15 is 0 Å². The average Bonchev–Trinajstić information content (AvgIpc) is 2.64. The molecule has 2 rings (SSSR count). The first-order valence-corrected chi connectivity index (χ1v) is 8.46. The van der Waals surface area contributed by atoms with Crippen molar-refractivity contribution in [3.63, 3.8) is 0 Å². The average molecular weight is 387 g/mol. The highest BCUT2D eigenvalue weighted by Crippen LogP contribution is 2.23. The number of aromatic nitrogens is 1. The Hall–Kier alpha value is -2.65. The Labute approximate surface area is 153 Å². The van der Waals surface area contributed by atoms with Crippen molar-refractivity contribution in [2.24, 2.45) is 5.92 Å². The molecule has 1 atom stereocenters. The Kier molecular flexibility index (Phi) is 6.40. The number of carboxylic acid groups (broad SMARTS) is 1. The molecule has 0 aliphatic carbocycles. The van der Waals surface area contributed by atoms with E-state index in [1.165, 1.54) is 24.0 Å². The first-order chi connectivity index (χ1) is 12.6. The van der Waals surface area contributed by atoms with Gasteiger partial charge < -0.3 is 14.9 Å². The monoisotopic (exact) mass is 387 g/mol. The van der Waals surface area contributed by atoms with Crippen LogP contribution in [-0.2, 0) is 4.79 Å². The van der Waals surface area contributed by atoms with Gasteiger partial charge in [-0.15, -0.1) is 0 Å². The second-order valence-electron chi connectivity index (χ2n) is 6.30. The maximum Gasteiger partial charge on any atom is 0.406 e. The number of rotatable bonds is 5. The van der Waals surface area contributed by atoms with Crippen molar-refractivity contribution in [2.45, 2.75) is 25.9 Å². The number of nitrogens with zero attached hydrogens (tertiary/aromatic N) is 3. The van der Waals surface area contributed by atoms with Crippen molar-refractivity contribution in [1.82, 2.24) is 14.8 Å². The zero-order valence-corrected chi connectivity index (χ0v) is 14.7. The number of pyridine rings is 1. The molecule has 1 aromatic rings. The van der Waals surface area contributed by atoms with Gasteiger partial charge >= 0.3 is 12.1 Å². The molecule has 0 spiro atoms. The van der Waals surface area contributed by atoms with Gasteiger partial charge in [0.1, 0.15) is 12.2 Å². The van der Waals surface area contributed by atoms with Crippen molar-refractivity contribution in [3.05, 3.63) is 29.6 Å². The lowest BCUT2D eigenvalue weighted by Gasteiger charge is -2.35. The molecule has 1 fully saturated rings. The standard InChI is InChI=1S/C17H20F3N3O4/c1-2-22(10-17(18,19)20)15(25)12-4-3-7-23(9-12)14(24)11-5-6-13(16(26)27)21-8-11/h5-6,8,12H,2-4,7,9-10H2,1H3,(H,26,27). The second-order valence-corrected chi connectivity index (χ2v) is 6.30. The van der Waals surface area contributed by atoms with Crippen LogP contribution >= 0.6 is 0 Å². The highest BCUT2D eigenvalue weighted by molar-refractivity contribution is 5.95. The second kappa shape index (κ2) is 8.36. The molecule has 7 nitrogen and oxygen atoms in total. The molecule has 27 heavy (non-hydrogen) atoms. The van der Waals surface area contributed by atoms with Gasteiger partial charge in [-0.3, -0.25) is 9.59 Å². The molecule has 0 bridgehead atoms. The number of alkyl halides is 3. The number of hydrogen-bond acceptors (Lipinski definition) is 4. The third-order valence-electron chi connectivity index (χ3n) is 4.35. The summed E-state index contributed by atoms with van der Waals surface area (Å²) in [5.41, 5.74) is -0.0419. The highest BCUT2D eigenvalue weighted by atomic mass is 19.4. The molecular weight excluding hydrogens is 367 g/mol. The van der Waals surface area contributed by atoms with Gasteiger partial charge in [-0.1, -0.05) is 0 Å². The van der Waals surface area contributed by atoms with Gasteiger partial charge in [0.25, 0.3) is 5.91 Å². The molecule has 10 heteroatoms. The Bertz CT molecular complexity index is 706. The highest BCUT2D eigenvalue weighted by Gasteiger charge is 2.36. The number of likely N-dealkylation sites (tertiary alicyclic amines) is 1. The van der Waals surface area contributed by atoms with Gasteiger partial charge in [0.2, 0.25) is 5.91 Å². The fourth-order valence-corrected chi connectivity index (χ4v) is 3.01. The van der Waals surface area contributed by atoms with E-state index in [1.54, 1.807) is 0 Å². The van der Waals surface area contributed by atoms with E-state index in [9.17, 15) is 27.6 Å². The summed E-state index contributed by atoms with van der Waals surface area (Å²) >= 11 is 0. The summed E-state index contributed by atoms with van der Waals surface area (Å²) in [6, 6.07) is 2.52. The molecule has 1 saturated heterocycles. The molecule has 148 valence electrons. The van der Waals surface area contributed by atoms with E-state index in [2.05, 4.69) is 4.98 Å². The first kappa shape index (κ1) is 20.7. The Morgan fingerprint density at radius 1 is 1.33 bits per heavy atom. The number of carbonyl (C=O) groups is 3. The lowest BCUT2D eigenvalue weighted by Crippen LogP contribution is -2.48. The van der Waals surface area contributed by atoms with Crippen molar-refractivity contribution >= 4 is 17.8 Å². The van der Waals surface area contributed by atoms with Crippen LogP contribution in [0.4, 0.5) is 13.2 Å². The zero-order valence-electron chi connectivity index (χ0n) is 14.7. The molecular formula is C17H20F3N3O4. The molecule has 0 aromatic carbocycles. The SMILES string of the molecule is CCN(CC(F)(F)F)C(=O)C1CCCN(C(=O)c2ccc(C(=O)O)nc2)C1. The quantitative estimate of drug-likeness (QED) is 0.835. The lowest BCUT2D eigenvalue weighted by molar-refractivity contribution is -0.164. The molecule has 1 unspecified atom stereocenters. The maximum atomic E-state index is 12.6. The van der Waals surface area contributed by atoms with E-state index in [4.69, 9.17) is 5.11 Å². The van der Waals surface area contributed by atoms with Crippen LogP contribution in [0.2, 0.25) is 0 Å². The molecule has 1 aromatic heterocycles. The van der Waals surface area contributed by atoms with Crippen LogP contribution in [0.25, 0.3) is 0 Å². The molecule has 0 radical (unpaired) electrons. The van der Waals surface area contributed by atoms with Crippen LogP contribution in [0.1, 0.15) is 40.6 Å². The third-order valence-corrected chi connectivity index (χ3v) is 4.35. The Morgan fingerprint density at radius 2 is 2.04 bits per heavy atom. The summed E-state index contributed by atoms with van der Waals surface area (Å²) in [4.78, 5) is 41.6. The van der Waals surface area contributed by atoms with Crippen molar-refractivity contribution in [3.8, 4) is 0 Å². The summed E-state index contributed by atoms with van der Waals surface area (Å²) < 4.78 is 37.9. The van der Waals surface area contributed by atoms with Crippen LogP contribution in [0.5, 0.6) is 0 Å². The molecule has 2 heterocycles. The van der Waals surface area contributed by atoms with Gasteiger partial charge in [-0.25, -0.2) is 9.78 Å². The zero-order chi connectivity index (χ0) is 20.2. The summed E-state index contributed by atoms with van der Waals surface area (Å²) in [6.07, 6.45) is -2.44. The number of amides is 2. The van der Waals surface area contributed by atoms with Gasteiger partial charge in [-0.05, 0) is 31.9 Å². The summed E-state index contributed by atoms with van der Waals surface area (Å²) in [6.45, 7) is 0.489. The van der Waals surface area contributed by atoms with Crippen LogP contribution in [0.3, 0.4) is 0 Å². The van der Waals surface area contributed by atoms with Crippen LogP contribution < -0.4 is 0 Å². The number of halogens is 3. The summed E-state index contributed by atoms with van der Waals surface area (Å²) in [7, 11) is 0. The van der Waals surface area contributed by atoms with Gasteiger partial charge in [0.05, 0.1) is 11.5 Å². The number of carboxylic acids is 1. The number of piperidine rings is 1. The van der Waals surface area contributed by atoms with Crippen LogP contribution in [0, 0.1) is 5.92 Å². The predicted octanol–water partition coefficient (Wildman–Crippen LogP) is 2.04. The Balaban J connectivity index is 2.06. The number of carbonyl (C=O) groups excluding carboxylic acids is 2. The Morgan fingerprint density at radius 3 is 2.56 bits per heavy atom. The topological polar surface area (TPSA) is 90.8 Å². The molecule has 1 N–H and O–H groups in total. The van der Waals surface area contributed by atoms with Crippen molar-refractivity contribution in [1.29, 1.82) is 0 Å². The first-order valence-electron chi connectivity index (χ1n) is 8.46. The molecule has 0 saturated carbocycles. The van der Waals surface area contributed by atoms with E-state index in [0.717, 1.165) is 11.1 Å². The predicted molar refractivity (Wildman–Crippen MR) is 88.1 cm³/mol. The fourth-order valence-electron chi connectivity index (χ4n) is 3.01. The minimum Gasteiger partial charge on any atom is -0.477 e. The van der Waals surface area contributed by atoms with E-state index in [1.807, 2.05) is 0 Å². The maximum absolute atomic E-state index is 12.6.